The molecule has 96 valence electrons. The van der Waals surface area contributed by atoms with Crippen LogP contribution in [-0.2, 0) is 5.41 Å². The summed E-state index contributed by atoms with van der Waals surface area (Å²) >= 11 is 0. The van der Waals surface area contributed by atoms with Crippen molar-refractivity contribution in [2.24, 2.45) is 0 Å². The first-order chi connectivity index (χ1) is 8.56. The molecule has 1 atom stereocenters. The van der Waals surface area contributed by atoms with E-state index in [-0.39, 0.29) is 5.41 Å². The van der Waals surface area contributed by atoms with Crippen LogP contribution in [0, 0.1) is 0 Å². The number of benzene rings is 1. The van der Waals surface area contributed by atoms with E-state index in [1.165, 1.54) is 22.5 Å². The van der Waals surface area contributed by atoms with Crippen molar-refractivity contribution in [3.05, 3.63) is 35.9 Å². The van der Waals surface area contributed by atoms with E-state index in [0.717, 1.165) is 20.5 Å². The Morgan fingerprint density at radius 1 is 1.11 bits per heavy atom. The molecule has 0 saturated carbocycles. The Balaban J connectivity index is 2.44. The van der Waals surface area contributed by atoms with Crippen LogP contribution in [0.15, 0.2) is 30.3 Å². The smallest absolute Gasteiger partial charge is 0.0709 e. The van der Waals surface area contributed by atoms with Crippen LogP contribution in [0.25, 0.3) is 10.9 Å². The summed E-state index contributed by atoms with van der Waals surface area (Å²) in [6.07, 6.45) is 2.33. The number of hydrogen-bond acceptors (Lipinski definition) is 1. The Labute approximate surface area is 112 Å². The standard InChI is InChI=1S/C16H22NP/c1-5-16(3,4)13-8-9-14-12(11-13)7-10-15(17-14)18-6-2/h7-11,18H,5-6H2,1-4H3. The van der Waals surface area contributed by atoms with Crippen LogP contribution in [0.3, 0.4) is 0 Å². The van der Waals surface area contributed by atoms with E-state index < -0.39 is 0 Å². The van der Waals surface area contributed by atoms with Gasteiger partial charge < -0.3 is 0 Å². The Bertz CT molecular complexity index is 546. The van der Waals surface area contributed by atoms with E-state index in [0.29, 0.717) is 0 Å². The molecule has 1 aromatic carbocycles. The lowest BCUT2D eigenvalue weighted by atomic mass is 9.82. The van der Waals surface area contributed by atoms with Crippen molar-refractivity contribution in [2.45, 2.75) is 39.5 Å². The number of pyridine rings is 1. The molecule has 0 fully saturated rings. The summed E-state index contributed by atoms with van der Waals surface area (Å²) in [5.74, 6) is 0. The molecule has 0 radical (unpaired) electrons. The molecular formula is C16H22NP. The number of rotatable bonds is 4. The van der Waals surface area contributed by atoms with Gasteiger partial charge in [0.15, 0.2) is 0 Å². The van der Waals surface area contributed by atoms with Gasteiger partial charge in [0.2, 0.25) is 0 Å². The van der Waals surface area contributed by atoms with Crippen LogP contribution < -0.4 is 5.44 Å². The number of nitrogens with zero attached hydrogens (tertiary/aromatic N) is 1. The van der Waals surface area contributed by atoms with E-state index in [4.69, 9.17) is 4.98 Å². The van der Waals surface area contributed by atoms with Crippen molar-refractivity contribution < 1.29 is 0 Å². The molecule has 0 bridgehead atoms. The lowest BCUT2D eigenvalue weighted by molar-refractivity contribution is 0.507. The minimum Gasteiger partial charge on any atom is -0.248 e. The zero-order valence-electron chi connectivity index (χ0n) is 11.7. The van der Waals surface area contributed by atoms with Crippen molar-refractivity contribution in [3.8, 4) is 0 Å². The van der Waals surface area contributed by atoms with Crippen molar-refractivity contribution in [1.82, 2.24) is 4.98 Å². The summed E-state index contributed by atoms with van der Waals surface area (Å²) in [6, 6.07) is 11.1. The second kappa shape index (κ2) is 5.36. The fourth-order valence-corrected chi connectivity index (χ4v) is 2.79. The highest BCUT2D eigenvalue weighted by atomic mass is 31.1. The molecule has 2 heteroatoms. The molecule has 1 unspecified atom stereocenters. The van der Waals surface area contributed by atoms with Crippen molar-refractivity contribution >= 4 is 24.9 Å². The quantitative estimate of drug-likeness (QED) is 0.748. The van der Waals surface area contributed by atoms with Gasteiger partial charge in [-0.15, -0.1) is 0 Å². The van der Waals surface area contributed by atoms with Crippen molar-refractivity contribution in [3.63, 3.8) is 0 Å². The molecule has 0 saturated heterocycles. The van der Waals surface area contributed by atoms with Crippen LogP contribution in [0.1, 0.15) is 39.7 Å². The lowest BCUT2D eigenvalue weighted by Crippen LogP contribution is -2.15. The Hall–Kier alpha value is -0.940. The second-order valence-corrected chi connectivity index (χ2v) is 6.94. The van der Waals surface area contributed by atoms with E-state index in [2.05, 4.69) is 58.0 Å². The van der Waals surface area contributed by atoms with Crippen LogP contribution >= 0.6 is 8.58 Å². The number of fused-ring (bicyclic) bond motifs is 1. The fraction of sp³-hybridized carbons (Fsp3) is 0.438. The molecule has 0 amide bonds. The zero-order chi connectivity index (χ0) is 13.2. The molecular weight excluding hydrogens is 237 g/mol. The molecule has 1 nitrogen and oxygen atoms in total. The van der Waals surface area contributed by atoms with Gasteiger partial charge in [-0.05, 0) is 41.8 Å². The molecule has 2 aromatic rings. The topological polar surface area (TPSA) is 12.9 Å². The first-order valence-corrected chi connectivity index (χ1v) is 7.92. The maximum absolute atomic E-state index is 4.73. The van der Waals surface area contributed by atoms with E-state index in [9.17, 15) is 0 Å². The van der Waals surface area contributed by atoms with Crippen LogP contribution in [0.5, 0.6) is 0 Å². The second-order valence-electron chi connectivity index (χ2n) is 5.37. The average molecular weight is 259 g/mol. The van der Waals surface area contributed by atoms with E-state index in [1.54, 1.807) is 0 Å². The van der Waals surface area contributed by atoms with Gasteiger partial charge in [-0.25, -0.2) is 4.98 Å². The van der Waals surface area contributed by atoms with E-state index >= 15 is 0 Å². The van der Waals surface area contributed by atoms with Crippen LogP contribution in [-0.4, -0.2) is 11.1 Å². The van der Waals surface area contributed by atoms with Gasteiger partial charge >= 0.3 is 0 Å². The maximum Gasteiger partial charge on any atom is 0.0709 e. The third-order valence-corrected chi connectivity index (χ3v) is 4.71. The summed E-state index contributed by atoms with van der Waals surface area (Å²) in [6.45, 7) is 9.05. The van der Waals surface area contributed by atoms with Gasteiger partial charge in [-0.2, -0.15) is 0 Å². The average Bonchev–Trinajstić information content (AvgIpc) is 2.38. The third kappa shape index (κ3) is 2.72. The lowest BCUT2D eigenvalue weighted by Gasteiger charge is -2.23. The highest BCUT2D eigenvalue weighted by molar-refractivity contribution is 7.46. The Morgan fingerprint density at radius 3 is 2.56 bits per heavy atom. The number of aromatic nitrogens is 1. The van der Waals surface area contributed by atoms with Crippen LogP contribution in [0.2, 0.25) is 0 Å². The SMILES string of the molecule is CCPc1ccc2cc(C(C)(C)CC)ccc2n1. The van der Waals surface area contributed by atoms with Crippen molar-refractivity contribution in [1.29, 1.82) is 0 Å². The summed E-state index contributed by atoms with van der Waals surface area (Å²) in [5, 5.41) is 1.26. The molecule has 0 aliphatic rings. The molecule has 18 heavy (non-hydrogen) atoms. The minimum absolute atomic E-state index is 0.248. The van der Waals surface area contributed by atoms with E-state index in [1.807, 2.05) is 0 Å². The van der Waals surface area contributed by atoms with Gasteiger partial charge in [-0.3, -0.25) is 0 Å². The molecule has 0 aliphatic carbocycles. The highest BCUT2D eigenvalue weighted by Gasteiger charge is 2.18. The highest BCUT2D eigenvalue weighted by Crippen LogP contribution is 2.28. The normalized spacial score (nSPS) is 12.7. The molecule has 0 aliphatic heterocycles. The van der Waals surface area contributed by atoms with Gasteiger partial charge in [0.05, 0.1) is 11.0 Å². The summed E-state index contributed by atoms with van der Waals surface area (Å²) in [4.78, 5) is 4.73. The largest absolute Gasteiger partial charge is 0.248 e. The summed E-state index contributed by atoms with van der Waals surface area (Å²) < 4.78 is 0. The summed E-state index contributed by atoms with van der Waals surface area (Å²) in [5.41, 5.74) is 4.01. The molecule has 1 heterocycles. The molecule has 0 N–H and O–H groups in total. The third-order valence-electron chi connectivity index (χ3n) is 3.71. The van der Waals surface area contributed by atoms with Gasteiger partial charge in [-0.1, -0.05) is 48.4 Å². The Morgan fingerprint density at radius 2 is 1.89 bits per heavy atom. The minimum atomic E-state index is 0.248. The predicted octanol–water partition coefficient (Wildman–Crippen LogP) is 4.25. The van der Waals surface area contributed by atoms with Gasteiger partial charge in [0, 0.05) is 5.39 Å². The molecule has 0 spiro atoms. The first kappa shape index (κ1) is 13.5. The predicted molar refractivity (Wildman–Crippen MR) is 83.6 cm³/mol. The number of hydrogen-bond donors (Lipinski definition) is 0. The maximum atomic E-state index is 4.73. The summed E-state index contributed by atoms with van der Waals surface area (Å²) in [7, 11) is 0.826. The molecule has 2 rings (SSSR count). The Kier molecular flexibility index (Phi) is 4.02. The van der Waals surface area contributed by atoms with Gasteiger partial charge in [0.1, 0.15) is 0 Å². The molecule has 1 aromatic heterocycles. The van der Waals surface area contributed by atoms with Crippen LogP contribution in [0.4, 0.5) is 0 Å². The monoisotopic (exact) mass is 259 g/mol. The first-order valence-electron chi connectivity index (χ1n) is 6.72. The zero-order valence-corrected chi connectivity index (χ0v) is 12.7. The fourth-order valence-electron chi connectivity index (χ4n) is 2.03. The van der Waals surface area contributed by atoms with Crippen molar-refractivity contribution in [2.75, 3.05) is 6.16 Å². The van der Waals surface area contributed by atoms with Gasteiger partial charge in [0.25, 0.3) is 0 Å².